The van der Waals surface area contributed by atoms with Crippen molar-refractivity contribution in [2.24, 2.45) is 0 Å². The van der Waals surface area contributed by atoms with E-state index in [0.29, 0.717) is 12.3 Å². The minimum atomic E-state index is 0.201. The molecular weight excluding hydrogens is 260 g/mol. The quantitative estimate of drug-likeness (QED) is 0.778. The van der Waals surface area contributed by atoms with Gasteiger partial charge in [-0.15, -0.1) is 0 Å². The average Bonchev–Trinajstić information content (AvgIpc) is 3.00. The Balaban J connectivity index is 1.78. The standard InChI is InChI=1S/C18H16N2O/c1-13(20-12-16-10-9-15(11-19)21-16)17-8-4-6-14-5-2-3-7-18(14)17/h2-10,13,20H,12H2,1H3. The number of nitrogens with one attached hydrogen (secondary N) is 1. The van der Waals surface area contributed by atoms with E-state index in [9.17, 15) is 0 Å². The van der Waals surface area contributed by atoms with Crippen LogP contribution in [0.1, 0.15) is 30.0 Å². The van der Waals surface area contributed by atoms with E-state index < -0.39 is 0 Å². The summed E-state index contributed by atoms with van der Waals surface area (Å²) in [5, 5.41) is 14.7. The van der Waals surface area contributed by atoms with Crippen LogP contribution in [-0.4, -0.2) is 0 Å². The molecule has 0 bridgehead atoms. The second-order valence-corrected chi connectivity index (χ2v) is 5.05. The van der Waals surface area contributed by atoms with Gasteiger partial charge in [0.1, 0.15) is 11.8 Å². The molecule has 1 unspecified atom stereocenters. The van der Waals surface area contributed by atoms with Crippen molar-refractivity contribution in [2.75, 3.05) is 0 Å². The van der Waals surface area contributed by atoms with Crippen LogP contribution in [0.4, 0.5) is 0 Å². The molecule has 0 fully saturated rings. The summed E-state index contributed by atoms with van der Waals surface area (Å²) in [5.41, 5.74) is 1.26. The predicted molar refractivity (Wildman–Crippen MR) is 82.6 cm³/mol. The van der Waals surface area contributed by atoms with Crippen LogP contribution in [0.5, 0.6) is 0 Å². The summed E-state index contributed by atoms with van der Waals surface area (Å²) >= 11 is 0. The lowest BCUT2D eigenvalue weighted by Gasteiger charge is -2.15. The lowest BCUT2D eigenvalue weighted by molar-refractivity contribution is 0.454. The van der Waals surface area contributed by atoms with Crippen LogP contribution in [-0.2, 0) is 6.54 Å². The molecule has 1 atom stereocenters. The van der Waals surface area contributed by atoms with Gasteiger partial charge in [-0.1, -0.05) is 42.5 Å². The monoisotopic (exact) mass is 276 g/mol. The number of benzene rings is 2. The summed E-state index contributed by atoms with van der Waals surface area (Å²) in [7, 11) is 0. The summed E-state index contributed by atoms with van der Waals surface area (Å²) in [6.07, 6.45) is 0. The smallest absolute Gasteiger partial charge is 0.203 e. The molecule has 3 aromatic rings. The molecule has 3 nitrogen and oxygen atoms in total. The van der Waals surface area contributed by atoms with Gasteiger partial charge in [0.2, 0.25) is 5.76 Å². The fourth-order valence-corrected chi connectivity index (χ4v) is 2.52. The Kier molecular flexibility index (Phi) is 3.72. The van der Waals surface area contributed by atoms with Crippen LogP contribution in [0.2, 0.25) is 0 Å². The molecule has 0 aliphatic carbocycles. The van der Waals surface area contributed by atoms with Gasteiger partial charge in [0, 0.05) is 6.04 Å². The van der Waals surface area contributed by atoms with Crippen LogP contribution >= 0.6 is 0 Å². The number of rotatable bonds is 4. The Morgan fingerprint density at radius 3 is 2.71 bits per heavy atom. The molecule has 2 aromatic carbocycles. The summed E-state index contributed by atoms with van der Waals surface area (Å²) in [6.45, 7) is 2.74. The highest BCUT2D eigenvalue weighted by molar-refractivity contribution is 5.86. The van der Waals surface area contributed by atoms with Gasteiger partial charge < -0.3 is 9.73 Å². The predicted octanol–water partition coefficient (Wildman–Crippen LogP) is 4.16. The molecule has 0 aliphatic rings. The van der Waals surface area contributed by atoms with E-state index in [1.54, 1.807) is 6.07 Å². The van der Waals surface area contributed by atoms with E-state index in [0.717, 1.165) is 5.76 Å². The van der Waals surface area contributed by atoms with Gasteiger partial charge in [-0.3, -0.25) is 0 Å². The molecule has 0 amide bonds. The molecule has 1 aromatic heterocycles. The van der Waals surface area contributed by atoms with Gasteiger partial charge in [0.15, 0.2) is 0 Å². The summed E-state index contributed by atoms with van der Waals surface area (Å²) in [5.74, 6) is 1.13. The average molecular weight is 276 g/mol. The third-order valence-electron chi connectivity index (χ3n) is 3.64. The number of hydrogen-bond acceptors (Lipinski definition) is 3. The zero-order valence-corrected chi connectivity index (χ0v) is 11.8. The minimum Gasteiger partial charge on any atom is -0.449 e. The lowest BCUT2D eigenvalue weighted by atomic mass is 10.00. The van der Waals surface area contributed by atoms with Gasteiger partial charge in [0.05, 0.1) is 6.54 Å². The van der Waals surface area contributed by atoms with Crippen LogP contribution in [0.3, 0.4) is 0 Å². The first kappa shape index (κ1) is 13.4. The van der Waals surface area contributed by atoms with Crippen molar-refractivity contribution >= 4 is 10.8 Å². The fourth-order valence-electron chi connectivity index (χ4n) is 2.52. The lowest BCUT2D eigenvalue weighted by Crippen LogP contribution is -2.18. The second kappa shape index (κ2) is 5.82. The Labute approximate surface area is 123 Å². The van der Waals surface area contributed by atoms with Gasteiger partial charge in [-0.2, -0.15) is 5.26 Å². The first-order chi connectivity index (χ1) is 10.3. The van der Waals surface area contributed by atoms with Gasteiger partial charge >= 0.3 is 0 Å². The van der Waals surface area contributed by atoms with Crippen molar-refractivity contribution in [2.45, 2.75) is 19.5 Å². The van der Waals surface area contributed by atoms with E-state index in [-0.39, 0.29) is 6.04 Å². The third-order valence-corrected chi connectivity index (χ3v) is 3.64. The van der Waals surface area contributed by atoms with E-state index >= 15 is 0 Å². The van der Waals surface area contributed by atoms with Crippen LogP contribution in [0.25, 0.3) is 10.8 Å². The molecular formula is C18H16N2O. The Bertz CT molecular complexity index is 793. The van der Waals surface area contributed by atoms with Gasteiger partial charge in [-0.05, 0) is 35.4 Å². The number of furan rings is 1. The highest BCUT2D eigenvalue weighted by Gasteiger charge is 2.09. The van der Waals surface area contributed by atoms with Crippen molar-refractivity contribution in [3.05, 3.63) is 71.7 Å². The molecule has 3 heteroatoms. The molecule has 0 radical (unpaired) electrons. The zero-order chi connectivity index (χ0) is 14.7. The maximum absolute atomic E-state index is 8.76. The molecule has 1 heterocycles. The maximum atomic E-state index is 8.76. The minimum absolute atomic E-state index is 0.201. The first-order valence-corrected chi connectivity index (χ1v) is 6.98. The number of hydrogen-bond donors (Lipinski definition) is 1. The normalized spacial score (nSPS) is 12.2. The highest BCUT2D eigenvalue weighted by Crippen LogP contribution is 2.24. The zero-order valence-electron chi connectivity index (χ0n) is 11.8. The van der Waals surface area contributed by atoms with Crippen LogP contribution < -0.4 is 5.32 Å². The Morgan fingerprint density at radius 1 is 1.10 bits per heavy atom. The number of nitrogens with zero attached hydrogens (tertiary/aromatic N) is 1. The molecule has 1 N–H and O–H groups in total. The molecule has 3 rings (SSSR count). The maximum Gasteiger partial charge on any atom is 0.203 e. The van der Waals surface area contributed by atoms with Crippen molar-refractivity contribution in [1.82, 2.24) is 5.32 Å². The third kappa shape index (κ3) is 2.81. The van der Waals surface area contributed by atoms with Crippen molar-refractivity contribution in [1.29, 1.82) is 5.26 Å². The first-order valence-electron chi connectivity index (χ1n) is 6.98. The van der Waals surface area contributed by atoms with Gasteiger partial charge in [-0.25, -0.2) is 0 Å². The second-order valence-electron chi connectivity index (χ2n) is 5.05. The summed E-state index contributed by atoms with van der Waals surface area (Å²) in [4.78, 5) is 0. The fraction of sp³-hybridized carbons (Fsp3) is 0.167. The van der Waals surface area contributed by atoms with E-state index in [2.05, 4.69) is 54.7 Å². The Morgan fingerprint density at radius 2 is 1.90 bits per heavy atom. The van der Waals surface area contributed by atoms with Crippen molar-refractivity contribution in [3.63, 3.8) is 0 Å². The van der Waals surface area contributed by atoms with E-state index in [1.807, 2.05) is 12.1 Å². The van der Waals surface area contributed by atoms with E-state index in [4.69, 9.17) is 9.68 Å². The molecule has 0 saturated carbocycles. The van der Waals surface area contributed by atoms with Gasteiger partial charge in [0.25, 0.3) is 0 Å². The van der Waals surface area contributed by atoms with Crippen LogP contribution in [0, 0.1) is 11.3 Å². The van der Waals surface area contributed by atoms with Crippen molar-refractivity contribution in [3.8, 4) is 6.07 Å². The molecule has 104 valence electrons. The topological polar surface area (TPSA) is 49.0 Å². The number of nitriles is 1. The molecule has 0 saturated heterocycles. The number of fused-ring (bicyclic) bond motifs is 1. The summed E-state index contributed by atoms with van der Waals surface area (Å²) < 4.78 is 5.38. The molecule has 0 spiro atoms. The molecule has 0 aliphatic heterocycles. The Hall–Kier alpha value is -2.57. The summed E-state index contributed by atoms with van der Waals surface area (Å²) in [6, 6.07) is 20.4. The van der Waals surface area contributed by atoms with Crippen molar-refractivity contribution < 1.29 is 4.42 Å². The van der Waals surface area contributed by atoms with Crippen LogP contribution in [0.15, 0.2) is 59.0 Å². The molecule has 21 heavy (non-hydrogen) atoms. The SMILES string of the molecule is CC(NCc1ccc(C#N)o1)c1cccc2ccccc12. The largest absolute Gasteiger partial charge is 0.449 e. The van der Waals surface area contributed by atoms with E-state index in [1.165, 1.54) is 16.3 Å². The highest BCUT2D eigenvalue weighted by atomic mass is 16.3.